The van der Waals surface area contributed by atoms with Gasteiger partial charge in [-0.3, -0.25) is 0 Å². The maximum Gasteiger partial charge on any atom is 0.143 e. The van der Waals surface area contributed by atoms with Crippen molar-refractivity contribution in [3.8, 4) is 5.75 Å². The fraction of sp³-hybridized carbons (Fsp3) is 0.500. The van der Waals surface area contributed by atoms with Crippen LogP contribution in [0.25, 0.3) is 0 Å². The summed E-state index contributed by atoms with van der Waals surface area (Å²) < 4.78 is 5.44. The highest BCUT2D eigenvalue weighted by Gasteiger charge is 2.14. The Kier molecular flexibility index (Phi) is 5.53. The third-order valence-electron chi connectivity index (χ3n) is 2.42. The Labute approximate surface area is 111 Å². The van der Waals surface area contributed by atoms with Crippen LogP contribution in [0.15, 0.2) is 12.1 Å². The monoisotopic (exact) mass is 278 g/mol. The van der Waals surface area contributed by atoms with Crippen LogP contribution >= 0.6 is 23.2 Å². The second-order valence-corrected chi connectivity index (χ2v) is 5.00. The largest absolute Gasteiger partial charge is 0.489 e. The molecule has 5 heteroatoms. The van der Waals surface area contributed by atoms with Crippen LogP contribution in [0, 0.1) is 5.92 Å². The fourth-order valence-corrected chi connectivity index (χ4v) is 1.84. The Bertz CT molecular complexity index is 380. The number of aliphatic hydroxyl groups is 2. The molecule has 0 bridgehead atoms. The summed E-state index contributed by atoms with van der Waals surface area (Å²) in [4.78, 5) is 0. The smallest absolute Gasteiger partial charge is 0.143 e. The normalized spacial score (nSPS) is 12.9. The van der Waals surface area contributed by atoms with Gasteiger partial charge in [0.25, 0.3) is 0 Å². The molecule has 0 saturated carbocycles. The lowest BCUT2D eigenvalue weighted by Gasteiger charge is -2.17. The molecule has 0 aliphatic carbocycles. The number of hydrogen-bond donors (Lipinski definition) is 2. The molecule has 0 amide bonds. The van der Waals surface area contributed by atoms with Gasteiger partial charge < -0.3 is 14.9 Å². The van der Waals surface area contributed by atoms with Gasteiger partial charge in [0.05, 0.1) is 17.7 Å². The van der Waals surface area contributed by atoms with Gasteiger partial charge in [0.2, 0.25) is 0 Å². The highest BCUT2D eigenvalue weighted by molar-refractivity contribution is 6.35. The van der Waals surface area contributed by atoms with Crippen LogP contribution in [0.1, 0.15) is 19.4 Å². The maximum atomic E-state index is 9.64. The van der Waals surface area contributed by atoms with E-state index in [0.29, 0.717) is 21.4 Å². The molecule has 0 radical (unpaired) electrons. The van der Waals surface area contributed by atoms with Crippen LogP contribution in [-0.2, 0) is 6.61 Å². The molecule has 96 valence electrons. The number of benzene rings is 1. The molecular formula is C12H16Cl2O3. The predicted molar refractivity (Wildman–Crippen MR) is 68.7 cm³/mol. The van der Waals surface area contributed by atoms with Gasteiger partial charge in [-0.1, -0.05) is 37.0 Å². The van der Waals surface area contributed by atoms with E-state index in [9.17, 15) is 10.2 Å². The first kappa shape index (κ1) is 14.6. The predicted octanol–water partition coefficient (Wildman–Crippen LogP) is 2.88. The molecule has 1 rings (SSSR count). The van der Waals surface area contributed by atoms with Crippen LogP contribution in [0.4, 0.5) is 0 Å². The lowest BCUT2D eigenvalue weighted by atomic mass is 10.1. The molecule has 0 aromatic heterocycles. The Morgan fingerprint density at radius 3 is 2.47 bits per heavy atom. The average Bonchev–Trinajstić information content (AvgIpc) is 2.26. The quantitative estimate of drug-likeness (QED) is 0.871. The standard InChI is InChI=1S/C12H16Cl2O3/c1-7(2)11(16)6-17-12-8(5-15)3-9(13)4-10(12)14/h3-4,7,11,15-16H,5-6H2,1-2H3. The highest BCUT2D eigenvalue weighted by atomic mass is 35.5. The molecule has 0 heterocycles. The number of rotatable bonds is 5. The third kappa shape index (κ3) is 4.03. The molecule has 3 nitrogen and oxygen atoms in total. The molecule has 1 unspecified atom stereocenters. The minimum atomic E-state index is -0.576. The topological polar surface area (TPSA) is 49.7 Å². The molecule has 1 aromatic carbocycles. The Hall–Kier alpha value is -0.480. The Morgan fingerprint density at radius 1 is 1.29 bits per heavy atom. The molecule has 2 N–H and O–H groups in total. The van der Waals surface area contributed by atoms with Crippen molar-refractivity contribution in [1.29, 1.82) is 0 Å². The minimum absolute atomic E-state index is 0.0960. The highest BCUT2D eigenvalue weighted by Crippen LogP contribution is 2.32. The van der Waals surface area contributed by atoms with E-state index < -0.39 is 6.10 Å². The summed E-state index contributed by atoms with van der Waals surface area (Å²) in [6, 6.07) is 3.13. The van der Waals surface area contributed by atoms with Crippen LogP contribution in [-0.4, -0.2) is 22.9 Å². The lowest BCUT2D eigenvalue weighted by molar-refractivity contribution is 0.0691. The fourth-order valence-electron chi connectivity index (χ4n) is 1.25. The summed E-state index contributed by atoms with van der Waals surface area (Å²) in [6.45, 7) is 3.70. The molecule has 0 aliphatic heterocycles. The summed E-state index contributed by atoms with van der Waals surface area (Å²) in [6.07, 6.45) is -0.576. The van der Waals surface area contributed by atoms with Crippen molar-refractivity contribution in [1.82, 2.24) is 0 Å². The van der Waals surface area contributed by atoms with Crippen molar-refractivity contribution in [2.75, 3.05) is 6.61 Å². The zero-order valence-electron chi connectivity index (χ0n) is 9.78. The molecule has 1 aromatic rings. The van der Waals surface area contributed by atoms with E-state index in [4.69, 9.17) is 27.9 Å². The van der Waals surface area contributed by atoms with Gasteiger partial charge in [-0.2, -0.15) is 0 Å². The summed E-state index contributed by atoms with van der Waals surface area (Å²) in [5.74, 6) is 0.469. The number of halogens is 2. The van der Waals surface area contributed by atoms with Crippen LogP contribution < -0.4 is 4.74 Å². The summed E-state index contributed by atoms with van der Waals surface area (Å²) in [5, 5.41) is 19.6. The van der Waals surface area contributed by atoms with E-state index in [1.165, 1.54) is 0 Å². The first-order chi connectivity index (χ1) is 7.95. The number of ether oxygens (including phenoxy) is 1. The number of hydrogen-bond acceptors (Lipinski definition) is 3. The summed E-state index contributed by atoms with van der Waals surface area (Å²) in [7, 11) is 0. The first-order valence-electron chi connectivity index (χ1n) is 5.35. The van der Waals surface area contributed by atoms with E-state index in [0.717, 1.165) is 0 Å². The SMILES string of the molecule is CC(C)C(O)COc1c(Cl)cc(Cl)cc1CO. The second-order valence-electron chi connectivity index (χ2n) is 4.16. The molecule has 0 fully saturated rings. The van der Waals surface area contributed by atoms with Gasteiger partial charge >= 0.3 is 0 Å². The van der Waals surface area contributed by atoms with Crippen molar-refractivity contribution in [2.45, 2.75) is 26.6 Å². The van der Waals surface area contributed by atoms with E-state index in [2.05, 4.69) is 0 Å². The maximum absolute atomic E-state index is 9.64. The van der Waals surface area contributed by atoms with Crippen LogP contribution in [0.2, 0.25) is 10.0 Å². The van der Waals surface area contributed by atoms with Crippen molar-refractivity contribution >= 4 is 23.2 Å². The van der Waals surface area contributed by atoms with Gasteiger partial charge in [0, 0.05) is 10.6 Å². The van der Waals surface area contributed by atoms with E-state index >= 15 is 0 Å². The van der Waals surface area contributed by atoms with Crippen LogP contribution in [0.3, 0.4) is 0 Å². The van der Waals surface area contributed by atoms with Gasteiger partial charge in [-0.15, -0.1) is 0 Å². The van der Waals surface area contributed by atoms with Crippen molar-refractivity contribution in [2.24, 2.45) is 5.92 Å². The van der Waals surface area contributed by atoms with Gasteiger partial charge in [-0.05, 0) is 18.1 Å². The zero-order valence-corrected chi connectivity index (χ0v) is 11.3. The average molecular weight is 279 g/mol. The summed E-state index contributed by atoms with van der Waals surface area (Å²) in [5.41, 5.74) is 0.512. The summed E-state index contributed by atoms with van der Waals surface area (Å²) >= 11 is 11.8. The molecule has 0 saturated heterocycles. The first-order valence-corrected chi connectivity index (χ1v) is 6.11. The minimum Gasteiger partial charge on any atom is -0.489 e. The Morgan fingerprint density at radius 2 is 1.94 bits per heavy atom. The molecule has 17 heavy (non-hydrogen) atoms. The second kappa shape index (κ2) is 6.45. The molecule has 0 spiro atoms. The Balaban J connectivity index is 2.83. The third-order valence-corrected chi connectivity index (χ3v) is 2.92. The zero-order chi connectivity index (χ0) is 13.0. The van der Waals surface area contributed by atoms with Crippen molar-refractivity contribution in [3.63, 3.8) is 0 Å². The van der Waals surface area contributed by atoms with Crippen LogP contribution in [0.5, 0.6) is 5.75 Å². The number of aliphatic hydroxyl groups excluding tert-OH is 2. The van der Waals surface area contributed by atoms with Crippen molar-refractivity contribution < 1.29 is 14.9 Å². The molecular weight excluding hydrogens is 263 g/mol. The van der Waals surface area contributed by atoms with Gasteiger partial charge in [0.15, 0.2) is 0 Å². The molecule has 0 aliphatic rings. The van der Waals surface area contributed by atoms with Gasteiger partial charge in [-0.25, -0.2) is 0 Å². The van der Waals surface area contributed by atoms with E-state index in [1.54, 1.807) is 12.1 Å². The molecule has 1 atom stereocenters. The van der Waals surface area contributed by atoms with E-state index in [1.807, 2.05) is 13.8 Å². The lowest BCUT2D eigenvalue weighted by Crippen LogP contribution is -2.23. The van der Waals surface area contributed by atoms with Gasteiger partial charge in [0.1, 0.15) is 12.4 Å². The van der Waals surface area contributed by atoms with Crippen molar-refractivity contribution in [3.05, 3.63) is 27.7 Å². The van der Waals surface area contributed by atoms with E-state index in [-0.39, 0.29) is 19.1 Å².